The lowest BCUT2D eigenvalue weighted by Crippen LogP contribution is -2.39. The van der Waals surface area contributed by atoms with Crippen LogP contribution in [0.1, 0.15) is 79.3 Å². The van der Waals surface area contributed by atoms with E-state index in [1.807, 2.05) is 41.0 Å². The topological polar surface area (TPSA) is 80.0 Å². The molecule has 2 aromatic carbocycles. The minimum absolute atomic E-state index is 0.0429. The van der Waals surface area contributed by atoms with Crippen LogP contribution < -0.4 is 4.90 Å². The fourth-order valence-electron chi connectivity index (χ4n) is 6.67. The molecule has 0 spiro atoms. The molecule has 0 unspecified atom stereocenters. The Kier molecular flexibility index (Phi) is 6.71. The summed E-state index contributed by atoms with van der Waals surface area (Å²) in [5.41, 5.74) is 5.31. The zero-order valence-corrected chi connectivity index (χ0v) is 24.8. The highest BCUT2D eigenvalue weighted by molar-refractivity contribution is 5.93. The number of carbonyl (C=O) groups is 2. The molecule has 8 nitrogen and oxygen atoms in total. The Hall–Kier alpha value is -4.27. The van der Waals surface area contributed by atoms with Gasteiger partial charge in [-0.3, -0.25) is 9.59 Å². The van der Waals surface area contributed by atoms with E-state index in [9.17, 15) is 9.59 Å². The van der Waals surface area contributed by atoms with Gasteiger partial charge in [-0.2, -0.15) is 5.10 Å². The molecule has 43 heavy (non-hydrogen) atoms. The average Bonchev–Trinajstić information content (AvgIpc) is 3.64. The number of esters is 1. The second-order valence-electron chi connectivity index (χ2n) is 12.4. The molecule has 9 heteroatoms. The quantitative estimate of drug-likeness (QED) is 0.262. The molecule has 0 radical (unpaired) electrons. The molecule has 0 N–H and O–H groups in total. The highest BCUT2D eigenvalue weighted by Gasteiger charge is 2.42. The van der Waals surface area contributed by atoms with Gasteiger partial charge in [0.05, 0.1) is 23.8 Å². The highest BCUT2D eigenvalue weighted by Crippen LogP contribution is 2.41. The van der Waals surface area contributed by atoms with Crippen molar-refractivity contribution in [2.45, 2.75) is 58.4 Å². The summed E-state index contributed by atoms with van der Waals surface area (Å²) in [6, 6.07) is 17.0. The Bertz CT molecular complexity index is 1750. The molecule has 222 valence electrons. The number of hydrogen-bond donors (Lipinski definition) is 0. The standard InChI is InChI=1S/C34H36FN5O3/c1-4-43-33(42)34(3)14-16-38(20-34)24-11-12-26(27(35)17-24)28-19-31-36-29(18-30(23-9-10-23)40(31)37-28)32(41)39-15-13-22-7-5-6-8-25(22)21(39)2/h5-8,11-12,17-19,21,23H,4,9-10,13-16,20H2,1-3H3/t21-,34+/m1/s1. The Morgan fingerprint density at radius 2 is 1.91 bits per heavy atom. The second kappa shape index (κ2) is 10.5. The molecule has 1 saturated carbocycles. The van der Waals surface area contributed by atoms with Gasteiger partial charge in [0, 0.05) is 48.6 Å². The maximum Gasteiger partial charge on any atom is 0.313 e. The number of benzene rings is 2. The van der Waals surface area contributed by atoms with Crippen molar-refractivity contribution < 1.29 is 18.7 Å². The highest BCUT2D eigenvalue weighted by atomic mass is 19.1. The molecule has 3 aliphatic rings. The normalized spacial score (nSPS) is 21.7. The Balaban J connectivity index is 1.18. The zero-order valence-electron chi connectivity index (χ0n) is 24.8. The summed E-state index contributed by atoms with van der Waals surface area (Å²) in [4.78, 5) is 35.0. The van der Waals surface area contributed by atoms with Gasteiger partial charge in [0.15, 0.2) is 5.65 Å². The Morgan fingerprint density at radius 1 is 1.09 bits per heavy atom. The molecule has 2 atom stereocenters. The van der Waals surface area contributed by atoms with E-state index in [-0.39, 0.29) is 17.9 Å². The third-order valence-electron chi connectivity index (χ3n) is 9.36. The van der Waals surface area contributed by atoms with E-state index in [0.717, 1.165) is 30.6 Å². The summed E-state index contributed by atoms with van der Waals surface area (Å²) in [6.45, 7) is 7.88. The van der Waals surface area contributed by atoms with Gasteiger partial charge >= 0.3 is 5.97 Å². The van der Waals surface area contributed by atoms with Crippen LogP contribution in [0.4, 0.5) is 10.1 Å². The summed E-state index contributed by atoms with van der Waals surface area (Å²) < 4.78 is 22.7. The summed E-state index contributed by atoms with van der Waals surface area (Å²) in [6.07, 6.45) is 3.52. The first-order valence-corrected chi connectivity index (χ1v) is 15.3. The summed E-state index contributed by atoms with van der Waals surface area (Å²) in [5.74, 6) is -0.392. The van der Waals surface area contributed by atoms with Crippen LogP contribution in [0.3, 0.4) is 0 Å². The van der Waals surface area contributed by atoms with Crippen molar-refractivity contribution in [1.82, 2.24) is 19.5 Å². The number of aromatic nitrogens is 3. The number of fused-ring (bicyclic) bond motifs is 2. The summed E-state index contributed by atoms with van der Waals surface area (Å²) >= 11 is 0. The fourth-order valence-corrected chi connectivity index (χ4v) is 6.67. The van der Waals surface area contributed by atoms with Gasteiger partial charge in [-0.05, 0) is 81.8 Å². The first kappa shape index (κ1) is 27.6. The molecule has 2 aromatic heterocycles. The molecular weight excluding hydrogens is 545 g/mol. The van der Waals surface area contributed by atoms with Crippen molar-refractivity contribution in [2.24, 2.45) is 5.41 Å². The first-order chi connectivity index (χ1) is 20.8. The van der Waals surface area contributed by atoms with Crippen LogP contribution in [0.25, 0.3) is 16.9 Å². The van der Waals surface area contributed by atoms with Gasteiger partial charge < -0.3 is 14.5 Å². The molecular formula is C34H36FN5O3. The third kappa shape index (κ3) is 4.84. The zero-order chi connectivity index (χ0) is 29.9. The molecule has 4 aromatic rings. The van der Waals surface area contributed by atoms with Gasteiger partial charge in [0.25, 0.3) is 5.91 Å². The predicted octanol–water partition coefficient (Wildman–Crippen LogP) is 5.95. The van der Waals surface area contributed by atoms with E-state index >= 15 is 4.39 Å². The molecule has 2 fully saturated rings. The number of hydrogen-bond acceptors (Lipinski definition) is 6. The van der Waals surface area contributed by atoms with Crippen LogP contribution in [0, 0.1) is 11.2 Å². The van der Waals surface area contributed by atoms with E-state index in [1.54, 1.807) is 23.6 Å². The van der Waals surface area contributed by atoms with E-state index in [1.165, 1.54) is 17.2 Å². The van der Waals surface area contributed by atoms with Crippen LogP contribution in [0.15, 0.2) is 54.6 Å². The number of halogens is 1. The van der Waals surface area contributed by atoms with Gasteiger partial charge in [-0.15, -0.1) is 0 Å². The van der Waals surface area contributed by atoms with Crippen molar-refractivity contribution in [3.05, 3.63) is 82.9 Å². The lowest BCUT2D eigenvalue weighted by Gasteiger charge is -2.35. The maximum atomic E-state index is 15.6. The fraction of sp³-hybridized carbons (Fsp3) is 0.412. The number of anilines is 1. The maximum absolute atomic E-state index is 15.6. The largest absolute Gasteiger partial charge is 0.466 e. The lowest BCUT2D eigenvalue weighted by molar-refractivity contribution is -0.153. The van der Waals surface area contributed by atoms with E-state index in [4.69, 9.17) is 14.8 Å². The number of rotatable bonds is 6. The number of ether oxygens (including phenoxy) is 1. The first-order valence-electron chi connectivity index (χ1n) is 15.3. The van der Waals surface area contributed by atoms with E-state index < -0.39 is 11.2 Å². The smallest absolute Gasteiger partial charge is 0.313 e. The molecule has 7 rings (SSSR count). The molecule has 1 saturated heterocycles. The van der Waals surface area contributed by atoms with Gasteiger partial charge in [0.2, 0.25) is 0 Å². The summed E-state index contributed by atoms with van der Waals surface area (Å²) in [5, 5.41) is 4.77. The Labute approximate surface area is 250 Å². The molecule has 0 bridgehead atoms. The van der Waals surface area contributed by atoms with Crippen molar-refractivity contribution in [1.29, 1.82) is 0 Å². The van der Waals surface area contributed by atoms with Gasteiger partial charge in [-0.25, -0.2) is 13.9 Å². The van der Waals surface area contributed by atoms with Crippen molar-refractivity contribution in [2.75, 3.05) is 31.1 Å². The van der Waals surface area contributed by atoms with Crippen LogP contribution in [0.5, 0.6) is 0 Å². The van der Waals surface area contributed by atoms with Crippen molar-refractivity contribution in [3.8, 4) is 11.3 Å². The van der Waals surface area contributed by atoms with Crippen molar-refractivity contribution >= 4 is 23.2 Å². The minimum Gasteiger partial charge on any atom is -0.466 e. The Morgan fingerprint density at radius 3 is 2.67 bits per heavy atom. The van der Waals surface area contributed by atoms with Crippen LogP contribution in [-0.4, -0.2) is 57.6 Å². The molecule has 1 aliphatic carbocycles. The second-order valence-corrected chi connectivity index (χ2v) is 12.4. The SMILES string of the molecule is CCOC(=O)[C@@]1(C)CCN(c2ccc(-c3cc4nc(C(=O)N5CCc6ccccc6[C@H]5C)cc(C5CC5)n4n3)c(F)c2)C1. The predicted molar refractivity (Wildman–Crippen MR) is 162 cm³/mol. The average molecular weight is 582 g/mol. The van der Waals surface area contributed by atoms with Gasteiger partial charge in [-0.1, -0.05) is 24.3 Å². The third-order valence-corrected chi connectivity index (χ3v) is 9.36. The van der Waals surface area contributed by atoms with E-state index in [2.05, 4.69) is 19.1 Å². The van der Waals surface area contributed by atoms with Crippen LogP contribution in [0.2, 0.25) is 0 Å². The minimum atomic E-state index is -0.609. The molecule has 4 heterocycles. The lowest BCUT2D eigenvalue weighted by atomic mass is 9.90. The van der Waals surface area contributed by atoms with Gasteiger partial charge in [0.1, 0.15) is 11.5 Å². The van der Waals surface area contributed by atoms with Crippen molar-refractivity contribution in [3.63, 3.8) is 0 Å². The van der Waals surface area contributed by atoms with E-state index in [0.29, 0.717) is 61.2 Å². The molecule has 2 aliphatic heterocycles. The monoisotopic (exact) mass is 581 g/mol. The summed E-state index contributed by atoms with van der Waals surface area (Å²) in [7, 11) is 0. The van der Waals surface area contributed by atoms with Crippen LogP contribution >= 0.6 is 0 Å². The molecule has 1 amide bonds. The number of carbonyl (C=O) groups excluding carboxylic acids is 2. The number of nitrogens with zero attached hydrogens (tertiary/aromatic N) is 5. The number of amides is 1. The van der Waals surface area contributed by atoms with Crippen LogP contribution in [-0.2, 0) is 16.0 Å².